The Labute approximate surface area is 197 Å². The maximum absolute atomic E-state index is 14.2. The molecule has 3 aromatic rings. The maximum atomic E-state index is 14.2. The lowest BCUT2D eigenvalue weighted by atomic mass is 10.1. The van der Waals surface area contributed by atoms with Crippen LogP contribution in [0.15, 0.2) is 71.6 Å². The van der Waals surface area contributed by atoms with Crippen molar-refractivity contribution in [3.05, 3.63) is 94.3 Å². The van der Waals surface area contributed by atoms with Gasteiger partial charge in [0.2, 0.25) is 0 Å². The van der Waals surface area contributed by atoms with E-state index in [1.165, 1.54) is 48.4 Å². The molecule has 3 rings (SSSR count). The fourth-order valence-corrected chi connectivity index (χ4v) is 4.99. The zero-order valence-electron chi connectivity index (χ0n) is 18.1. The van der Waals surface area contributed by atoms with Crippen LogP contribution in [0.3, 0.4) is 0 Å². The van der Waals surface area contributed by atoms with Crippen LogP contribution in [-0.4, -0.2) is 39.5 Å². The molecule has 0 aliphatic heterocycles. The highest BCUT2D eigenvalue weighted by Crippen LogP contribution is 2.28. The summed E-state index contributed by atoms with van der Waals surface area (Å²) in [5, 5.41) is 0.0624. The van der Waals surface area contributed by atoms with E-state index < -0.39 is 21.8 Å². The van der Waals surface area contributed by atoms with Crippen LogP contribution in [0.2, 0.25) is 5.02 Å². The van der Waals surface area contributed by atoms with Gasteiger partial charge in [-0.3, -0.25) is 4.79 Å². The lowest BCUT2D eigenvalue weighted by molar-refractivity contribution is 0.0675. The first-order chi connectivity index (χ1) is 15.7. The van der Waals surface area contributed by atoms with Crippen molar-refractivity contribution in [1.82, 2.24) is 4.90 Å². The molecule has 0 unspecified atom stereocenters. The summed E-state index contributed by atoms with van der Waals surface area (Å²) in [6.45, 7) is 2.18. The first kappa shape index (κ1) is 24.7. The minimum Gasteiger partial charge on any atom is -0.383 e. The summed E-state index contributed by atoms with van der Waals surface area (Å²) in [6, 6.07) is 16.8. The number of rotatable bonds is 9. The van der Waals surface area contributed by atoms with E-state index in [1.54, 1.807) is 37.3 Å². The molecule has 174 valence electrons. The van der Waals surface area contributed by atoms with Crippen LogP contribution < -0.4 is 4.18 Å². The van der Waals surface area contributed by atoms with Gasteiger partial charge in [-0.1, -0.05) is 48.0 Å². The molecular formula is C24H23ClFNO5S. The standard InChI is InChI=1S/C24H23ClFNO5S/c1-17-7-5-11-21(25)23(17)33(29,30)32-19-9-6-8-18(15-19)16-27(13-14-31-2)24(28)20-10-3-4-12-22(20)26/h3-12,15H,13-14,16H2,1-2H3. The molecule has 0 aliphatic rings. The van der Waals surface area contributed by atoms with E-state index in [2.05, 4.69) is 0 Å². The highest BCUT2D eigenvalue weighted by atomic mass is 35.5. The number of hydrogen-bond acceptors (Lipinski definition) is 5. The second-order valence-electron chi connectivity index (χ2n) is 7.27. The van der Waals surface area contributed by atoms with Gasteiger partial charge in [-0.15, -0.1) is 0 Å². The van der Waals surface area contributed by atoms with Crippen molar-refractivity contribution in [2.75, 3.05) is 20.3 Å². The van der Waals surface area contributed by atoms with Crippen LogP contribution in [0.25, 0.3) is 0 Å². The van der Waals surface area contributed by atoms with E-state index in [9.17, 15) is 17.6 Å². The topological polar surface area (TPSA) is 72.9 Å². The molecule has 0 aliphatic carbocycles. The lowest BCUT2D eigenvalue weighted by Gasteiger charge is -2.23. The second-order valence-corrected chi connectivity index (χ2v) is 9.16. The Morgan fingerprint density at radius 2 is 1.79 bits per heavy atom. The fraction of sp³-hybridized carbons (Fsp3) is 0.208. The first-order valence-corrected chi connectivity index (χ1v) is 11.8. The molecule has 0 atom stereocenters. The van der Waals surface area contributed by atoms with Crippen LogP contribution in [0.5, 0.6) is 5.75 Å². The third kappa shape index (κ3) is 6.10. The number of hydrogen-bond donors (Lipinski definition) is 0. The first-order valence-electron chi connectivity index (χ1n) is 10.0. The summed E-state index contributed by atoms with van der Waals surface area (Å²) >= 11 is 6.09. The summed E-state index contributed by atoms with van der Waals surface area (Å²) in [5.74, 6) is -1.06. The van der Waals surface area contributed by atoms with Gasteiger partial charge in [0.05, 0.1) is 17.2 Å². The SMILES string of the molecule is COCCN(Cc1cccc(OS(=O)(=O)c2c(C)cccc2Cl)c1)C(=O)c1ccccc1F. The van der Waals surface area contributed by atoms with Crippen LogP contribution in [0, 0.1) is 12.7 Å². The predicted molar refractivity (Wildman–Crippen MR) is 123 cm³/mol. The molecule has 0 fully saturated rings. The van der Waals surface area contributed by atoms with Gasteiger partial charge in [0.25, 0.3) is 5.91 Å². The molecule has 1 amide bonds. The number of carbonyl (C=O) groups excluding carboxylic acids is 1. The van der Waals surface area contributed by atoms with Gasteiger partial charge in [-0.2, -0.15) is 8.42 Å². The van der Waals surface area contributed by atoms with Gasteiger partial charge in [0.1, 0.15) is 16.5 Å². The highest BCUT2D eigenvalue weighted by Gasteiger charge is 2.23. The Hall–Kier alpha value is -2.94. The average Bonchev–Trinajstić information content (AvgIpc) is 2.76. The number of benzene rings is 3. The zero-order chi connectivity index (χ0) is 24.0. The van der Waals surface area contributed by atoms with Gasteiger partial charge in [-0.25, -0.2) is 4.39 Å². The number of halogens is 2. The zero-order valence-corrected chi connectivity index (χ0v) is 19.7. The molecule has 0 radical (unpaired) electrons. The summed E-state index contributed by atoms with van der Waals surface area (Å²) in [5.41, 5.74) is 0.997. The normalized spacial score (nSPS) is 11.3. The van der Waals surface area contributed by atoms with Crippen molar-refractivity contribution in [2.45, 2.75) is 18.4 Å². The number of methoxy groups -OCH3 is 1. The van der Waals surface area contributed by atoms with Crippen molar-refractivity contribution >= 4 is 27.6 Å². The smallest absolute Gasteiger partial charge is 0.340 e. The van der Waals surface area contributed by atoms with E-state index in [0.29, 0.717) is 11.1 Å². The van der Waals surface area contributed by atoms with Gasteiger partial charge in [0, 0.05) is 20.2 Å². The molecule has 0 aromatic heterocycles. The Kier molecular flexibility index (Phi) is 8.07. The highest BCUT2D eigenvalue weighted by molar-refractivity contribution is 7.87. The quantitative estimate of drug-likeness (QED) is 0.400. The molecule has 3 aromatic carbocycles. The van der Waals surface area contributed by atoms with Crippen molar-refractivity contribution in [3.8, 4) is 5.75 Å². The molecule has 6 nitrogen and oxygen atoms in total. The van der Waals surface area contributed by atoms with E-state index in [1.807, 2.05) is 0 Å². The summed E-state index contributed by atoms with van der Waals surface area (Å²) in [4.78, 5) is 14.3. The third-order valence-corrected chi connectivity index (χ3v) is 6.73. The fourth-order valence-electron chi connectivity index (χ4n) is 3.28. The largest absolute Gasteiger partial charge is 0.383 e. The molecule has 0 bridgehead atoms. The second kappa shape index (κ2) is 10.8. The summed E-state index contributed by atoms with van der Waals surface area (Å²) in [7, 11) is -2.68. The van der Waals surface area contributed by atoms with Crippen molar-refractivity contribution < 1.29 is 26.5 Å². The van der Waals surface area contributed by atoms with E-state index >= 15 is 0 Å². The Morgan fingerprint density at radius 3 is 2.48 bits per heavy atom. The van der Waals surface area contributed by atoms with Gasteiger partial charge >= 0.3 is 10.1 Å². The molecule has 0 saturated carbocycles. The minimum atomic E-state index is -4.18. The Balaban J connectivity index is 1.85. The molecule has 0 saturated heterocycles. The third-order valence-electron chi connectivity index (χ3n) is 4.85. The average molecular weight is 492 g/mol. The van der Waals surface area contributed by atoms with Crippen LogP contribution >= 0.6 is 11.6 Å². The lowest BCUT2D eigenvalue weighted by Crippen LogP contribution is -2.34. The van der Waals surface area contributed by atoms with E-state index in [4.69, 9.17) is 20.5 Å². The Bertz CT molecular complexity index is 1230. The van der Waals surface area contributed by atoms with Crippen LogP contribution in [-0.2, 0) is 21.4 Å². The monoisotopic (exact) mass is 491 g/mol. The molecule has 0 heterocycles. The molecule has 0 N–H and O–H groups in total. The van der Waals surface area contributed by atoms with E-state index in [0.717, 1.165) is 0 Å². The minimum absolute atomic E-state index is 0.0576. The number of nitrogens with zero attached hydrogens (tertiary/aromatic N) is 1. The van der Waals surface area contributed by atoms with Crippen molar-refractivity contribution in [3.63, 3.8) is 0 Å². The van der Waals surface area contributed by atoms with Gasteiger partial charge in [-0.05, 0) is 48.4 Å². The number of aryl methyl sites for hydroxylation is 1. The van der Waals surface area contributed by atoms with Crippen molar-refractivity contribution in [2.24, 2.45) is 0 Å². The predicted octanol–water partition coefficient (Wildman–Crippen LogP) is 4.84. The van der Waals surface area contributed by atoms with Crippen LogP contribution in [0.4, 0.5) is 4.39 Å². The summed E-state index contributed by atoms with van der Waals surface area (Å²) in [6.07, 6.45) is 0. The Morgan fingerprint density at radius 1 is 1.06 bits per heavy atom. The van der Waals surface area contributed by atoms with Crippen molar-refractivity contribution in [1.29, 1.82) is 0 Å². The van der Waals surface area contributed by atoms with Crippen LogP contribution in [0.1, 0.15) is 21.5 Å². The summed E-state index contributed by atoms with van der Waals surface area (Å²) < 4.78 is 50.2. The molecule has 33 heavy (non-hydrogen) atoms. The molecule has 9 heteroatoms. The number of amides is 1. The number of ether oxygens (including phenoxy) is 1. The molecular weight excluding hydrogens is 469 g/mol. The molecule has 0 spiro atoms. The van der Waals surface area contributed by atoms with Gasteiger partial charge < -0.3 is 13.8 Å². The van der Waals surface area contributed by atoms with Gasteiger partial charge in [0.15, 0.2) is 0 Å². The van der Waals surface area contributed by atoms with E-state index in [-0.39, 0.29) is 40.9 Å². The number of carbonyl (C=O) groups is 1. The maximum Gasteiger partial charge on any atom is 0.340 e.